The van der Waals surface area contributed by atoms with E-state index in [-0.39, 0.29) is 0 Å². The predicted octanol–water partition coefficient (Wildman–Crippen LogP) is 3.55. The molecule has 0 aliphatic heterocycles. The summed E-state index contributed by atoms with van der Waals surface area (Å²) in [6.45, 7) is -0.407. The predicted molar refractivity (Wildman–Crippen MR) is 99.6 cm³/mol. The zero-order chi connectivity index (χ0) is 18.9. The van der Waals surface area contributed by atoms with Crippen LogP contribution in [0.3, 0.4) is 0 Å². The number of hydrogen-bond donors (Lipinski definition) is 1. The van der Waals surface area contributed by atoms with Gasteiger partial charge >= 0.3 is 5.97 Å². The van der Waals surface area contributed by atoms with E-state index in [1.807, 2.05) is 0 Å². The van der Waals surface area contributed by atoms with Crippen molar-refractivity contribution in [1.82, 2.24) is 0 Å². The van der Waals surface area contributed by atoms with Crippen LogP contribution in [0.1, 0.15) is 5.56 Å². The topological polar surface area (TPSA) is 73.9 Å². The molecule has 0 aliphatic carbocycles. The van der Waals surface area contributed by atoms with E-state index in [1.165, 1.54) is 19.3 Å². The van der Waals surface area contributed by atoms with Crippen LogP contribution in [-0.4, -0.2) is 32.7 Å². The second-order valence-corrected chi connectivity index (χ2v) is 5.54. The van der Waals surface area contributed by atoms with Crippen LogP contribution in [0.4, 0.5) is 5.69 Å². The van der Waals surface area contributed by atoms with Gasteiger partial charge in [0.2, 0.25) is 0 Å². The Morgan fingerprint density at radius 2 is 1.92 bits per heavy atom. The molecule has 2 rings (SSSR count). The Kier molecular flexibility index (Phi) is 7.05. The summed E-state index contributed by atoms with van der Waals surface area (Å²) in [6, 6.07) is 11.9. The first-order valence-electron chi connectivity index (χ1n) is 7.64. The fraction of sp³-hybridized carbons (Fsp3) is 0.158. The Hall–Kier alpha value is -2.99. The first-order chi connectivity index (χ1) is 12.5. The highest BCUT2D eigenvalue weighted by molar-refractivity contribution is 6.30. The van der Waals surface area contributed by atoms with E-state index in [2.05, 4.69) is 5.32 Å². The molecule has 0 saturated carbocycles. The van der Waals surface area contributed by atoms with E-state index in [1.54, 1.807) is 49.6 Å². The summed E-state index contributed by atoms with van der Waals surface area (Å²) in [4.78, 5) is 23.6. The molecule has 0 spiro atoms. The molecule has 2 aromatic carbocycles. The molecule has 0 unspecified atom stereocenters. The second kappa shape index (κ2) is 9.48. The van der Waals surface area contributed by atoms with Crippen molar-refractivity contribution in [1.29, 1.82) is 0 Å². The van der Waals surface area contributed by atoms with Crippen LogP contribution in [0.5, 0.6) is 11.5 Å². The molecular weight excluding hydrogens is 358 g/mol. The monoisotopic (exact) mass is 375 g/mol. The van der Waals surface area contributed by atoms with Gasteiger partial charge in [-0.3, -0.25) is 4.79 Å². The number of ether oxygens (including phenoxy) is 3. The van der Waals surface area contributed by atoms with Crippen molar-refractivity contribution in [2.24, 2.45) is 0 Å². The van der Waals surface area contributed by atoms with Gasteiger partial charge in [0.25, 0.3) is 5.91 Å². The smallest absolute Gasteiger partial charge is 0.331 e. The normalized spacial score (nSPS) is 10.4. The van der Waals surface area contributed by atoms with Crippen LogP contribution < -0.4 is 14.8 Å². The number of rotatable bonds is 7. The lowest BCUT2D eigenvalue weighted by atomic mass is 10.2. The minimum Gasteiger partial charge on any atom is -0.497 e. The Bertz CT molecular complexity index is 819. The number of anilines is 1. The number of amides is 1. The first-order valence-corrected chi connectivity index (χ1v) is 8.02. The number of carbonyl (C=O) groups excluding carboxylic acids is 2. The van der Waals surface area contributed by atoms with Gasteiger partial charge in [0.15, 0.2) is 6.61 Å². The number of nitrogens with one attached hydrogen (secondary N) is 1. The van der Waals surface area contributed by atoms with E-state index in [0.29, 0.717) is 27.8 Å². The number of hydrogen-bond acceptors (Lipinski definition) is 5. The molecule has 0 aliphatic rings. The van der Waals surface area contributed by atoms with Gasteiger partial charge in [-0.15, -0.1) is 0 Å². The number of carbonyl (C=O) groups is 2. The maximum Gasteiger partial charge on any atom is 0.331 e. The molecule has 7 heteroatoms. The Morgan fingerprint density at radius 3 is 2.62 bits per heavy atom. The van der Waals surface area contributed by atoms with Crippen LogP contribution in [0.15, 0.2) is 48.5 Å². The average molecular weight is 376 g/mol. The van der Waals surface area contributed by atoms with Gasteiger partial charge in [-0.25, -0.2) is 4.79 Å². The minimum atomic E-state index is -0.649. The Balaban J connectivity index is 1.88. The fourth-order valence-corrected chi connectivity index (χ4v) is 2.25. The van der Waals surface area contributed by atoms with Crippen molar-refractivity contribution >= 4 is 35.2 Å². The van der Waals surface area contributed by atoms with Gasteiger partial charge in [0.1, 0.15) is 11.5 Å². The van der Waals surface area contributed by atoms with Crippen LogP contribution in [0, 0.1) is 0 Å². The number of esters is 1. The van der Waals surface area contributed by atoms with Gasteiger partial charge in [-0.05, 0) is 36.4 Å². The van der Waals surface area contributed by atoms with E-state index in [4.69, 9.17) is 25.8 Å². The van der Waals surface area contributed by atoms with Crippen molar-refractivity contribution in [3.8, 4) is 11.5 Å². The summed E-state index contributed by atoms with van der Waals surface area (Å²) in [7, 11) is 3.07. The number of halogens is 1. The summed E-state index contributed by atoms with van der Waals surface area (Å²) < 4.78 is 15.3. The second-order valence-electron chi connectivity index (χ2n) is 5.11. The van der Waals surface area contributed by atoms with Crippen molar-refractivity contribution in [2.75, 3.05) is 26.1 Å². The molecule has 0 saturated heterocycles. The lowest BCUT2D eigenvalue weighted by molar-refractivity contribution is -0.142. The zero-order valence-corrected chi connectivity index (χ0v) is 15.1. The molecule has 2 aromatic rings. The number of methoxy groups -OCH3 is 2. The van der Waals surface area contributed by atoms with Gasteiger partial charge in [-0.1, -0.05) is 17.7 Å². The zero-order valence-electron chi connectivity index (χ0n) is 14.3. The summed E-state index contributed by atoms with van der Waals surface area (Å²) in [5.41, 5.74) is 1.20. The standard InChI is InChI=1S/C19H18ClNO5/c1-24-16-8-6-13(17(11-16)25-2)7-9-19(23)26-12-18(22)21-15-5-3-4-14(20)10-15/h3-11H,12H2,1-2H3,(H,21,22). The molecule has 0 heterocycles. The molecule has 0 atom stereocenters. The van der Waals surface area contributed by atoms with Crippen LogP contribution in [0.25, 0.3) is 6.08 Å². The molecule has 1 amide bonds. The molecule has 136 valence electrons. The van der Waals surface area contributed by atoms with Crippen molar-refractivity contribution in [3.05, 3.63) is 59.1 Å². The highest BCUT2D eigenvalue weighted by Crippen LogP contribution is 2.25. The maximum absolute atomic E-state index is 11.8. The lowest BCUT2D eigenvalue weighted by Crippen LogP contribution is -2.20. The highest BCUT2D eigenvalue weighted by Gasteiger charge is 2.07. The molecule has 26 heavy (non-hydrogen) atoms. The van der Waals surface area contributed by atoms with Gasteiger partial charge < -0.3 is 19.5 Å². The quantitative estimate of drug-likeness (QED) is 0.591. The highest BCUT2D eigenvalue weighted by atomic mass is 35.5. The number of benzene rings is 2. The molecule has 1 N–H and O–H groups in total. The maximum atomic E-state index is 11.8. The van der Waals surface area contributed by atoms with Crippen molar-refractivity contribution in [2.45, 2.75) is 0 Å². The van der Waals surface area contributed by atoms with E-state index < -0.39 is 18.5 Å². The summed E-state index contributed by atoms with van der Waals surface area (Å²) in [6.07, 6.45) is 2.76. The third-order valence-electron chi connectivity index (χ3n) is 3.29. The largest absolute Gasteiger partial charge is 0.497 e. The average Bonchev–Trinajstić information content (AvgIpc) is 2.64. The third-order valence-corrected chi connectivity index (χ3v) is 3.53. The lowest BCUT2D eigenvalue weighted by Gasteiger charge is -2.07. The van der Waals surface area contributed by atoms with Crippen LogP contribution in [-0.2, 0) is 14.3 Å². The van der Waals surface area contributed by atoms with Crippen LogP contribution >= 0.6 is 11.6 Å². The van der Waals surface area contributed by atoms with E-state index in [9.17, 15) is 9.59 Å². The summed E-state index contributed by atoms with van der Waals surface area (Å²) in [5.74, 6) is 0.0755. The van der Waals surface area contributed by atoms with Gasteiger partial charge in [0.05, 0.1) is 14.2 Å². The summed E-state index contributed by atoms with van der Waals surface area (Å²) in [5, 5.41) is 3.08. The Labute approximate surface area is 156 Å². The molecule has 0 radical (unpaired) electrons. The van der Waals surface area contributed by atoms with Gasteiger partial charge in [-0.2, -0.15) is 0 Å². The fourth-order valence-electron chi connectivity index (χ4n) is 2.06. The van der Waals surface area contributed by atoms with E-state index in [0.717, 1.165) is 0 Å². The van der Waals surface area contributed by atoms with E-state index >= 15 is 0 Å². The Morgan fingerprint density at radius 1 is 1.12 bits per heavy atom. The van der Waals surface area contributed by atoms with Crippen molar-refractivity contribution in [3.63, 3.8) is 0 Å². The SMILES string of the molecule is COc1ccc(C=CC(=O)OCC(=O)Nc2cccc(Cl)c2)c(OC)c1. The third kappa shape index (κ3) is 5.82. The molecule has 0 aromatic heterocycles. The summed E-state index contributed by atoms with van der Waals surface area (Å²) >= 11 is 5.84. The van der Waals surface area contributed by atoms with Gasteiger partial charge in [0, 0.05) is 28.4 Å². The molecular formula is C19H18ClNO5. The van der Waals surface area contributed by atoms with Crippen molar-refractivity contribution < 1.29 is 23.8 Å². The molecule has 0 bridgehead atoms. The first kappa shape index (κ1) is 19.3. The molecule has 6 nitrogen and oxygen atoms in total. The van der Waals surface area contributed by atoms with Crippen LogP contribution in [0.2, 0.25) is 5.02 Å². The minimum absolute atomic E-state index is 0.407. The molecule has 0 fully saturated rings.